The zero-order valence-corrected chi connectivity index (χ0v) is 10.8. The SMILES string of the molecule is C=CCN(CC(=O)O)C(=O)N(CC(F)(F)F)C(C)C. The largest absolute Gasteiger partial charge is 0.480 e. The van der Waals surface area contributed by atoms with Crippen LogP contribution in [0.15, 0.2) is 12.7 Å². The van der Waals surface area contributed by atoms with E-state index in [0.29, 0.717) is 4.90 Å². The van der Waals surface area contributed by atoms with Gasteiger partial charge < -0.3 is 14.9 Å². The second kappa shape index (κ2) is 7.01. The second-order valence-corrected chi connectivity index (χ2v) is 4.18. The van der Waals surface area contributed by atoms with Crippen LogP contribution in [0.5, 0.6) is 0 Å². The summed E-state index contributed by atoms with van der Waals surface area (Å²) in [5, 5.41) is 8.64. The summed E-state index contributed by atoms with van der Waals surface area (Å²) in [5.74, 6) is -1.30. The first-order valence-corrected chi connectivity index (χ1v) is 5.53. The lowest BCUT2D eigenvalue weighted by molar-refractivity contribution is -0.144. The van der Waals surface area contributed by atoms with Crippen molar-refractivity contribution in [2.75, 3.05) is 19.6 Å². The number of halogens is 3. The zero-order valence-electron chi connectivity index (χ0n) is 10.8. The molecule has 0 radical (unpaired) electrons. The first kappa shape index (κ1) is 17.3. The summed E-state index contributed by atoms with van der Waals surface area (Å²) in [4.78, 5) is 23.9. The molecule has 5 nitrogen and oxygen atoms in total. The van der Waals surface area contributed by atoms with Crippen LogP contribution in [0.2, 0.25) is 0 Å². The average molecular weight is 282 g/mol. The zero-order chi connectivity index (χ0) is 15.2. The van der Waals surface area contributed by atoms with E-state index in [1.807, 2.05) is 0 Å². The molecule has 0 atom stereocenters. The number of amides is 2. The Morgan fingerprint density at radius 3 is 2.21 bits per heavy atom. The number of hydrogen-bond acceptors (Lipinski definition) is 2. The topological polar surface area (TPSA) is 60.9 Å². The van der Waals surface area contributed by atoms with Crippen molar-refractivity contribution in [3.63, 3.8) is 0 Å². The van der Waals surface area contributed by atoms with Crippen LogP contribution in [0.3, 0.4) is 0 Å². The highest BCUT2D eigenvalue weighted by atomic mass is 19.4. The maximum atomic E-state index is 12.4. The molecule has 0 aliphatic carbocycles. The van der Waals surface area contributed by atoms with E-state index in [4.69, 9.17) is 5.11 Å². The molecule has 19 heavy (non-hydrogen) atoms. The Hall–Kier alpha value is -1.73. The number of carbonyl (C=O) groups is 2. The molecule has 0 bridgehead atoms. The molecule has 0 spiro atoms. The molecule has 0 fully saturated rings. The third-order valence-electron chi connectivity index (χ3n) is 2.16. The molecule has 0 aromatic rings. The van der Waals surface area contributed by atoms with E-state index in [9.17, 15) is 22.8 Å². The molecule has 2 amide bonds. The maximum Gasteiger partial charge on any atom is 0.406 e. The Kier molecular flexibility index (Phi) is 6.37. The summed E-state index contributed by atoms with van der Waals surface area (Å²) in [6, 6.07) is -1.68. The quantitative estimate of drug-likeness (QED) is 0.757. The van der Waals surface area contributed by atoms with E-state index < -0.39 is 37.3 Å². The first-order valence-electron chi connectivity index (χ1n) is 5.53. The molecule has 0 aromatic heterocycles. The predicted octanol–water partition coefficient (Wildman–Crippen LogP) is 1.95. The number of urea groups is 1. The Balaban J connectivity index is 5.02. The van der Waals surface area contributed by atoms with Gasteiger partial charge in [-0.2, -0.15) is 13.2 Å². The molecule has 0 rings (SSSR count). The van der Waals surface area contributed by atoms with E-state index in [1.54, 1.807) is 0 Å². The van der Waals surface area contributed by atoms with Gasteiger partial charge in [0.05, 0.1) is 0 Å². The monoisotopic (exact) mass is 282 g/mol. The standard InChI is InChI=1S/C11H17F3N2O3/c1-4-5-15(6-9(17)18)10(19)16(8(2)3)7-11(12,13)14/h4,8H,1,5-7H2,2-3H3,(H,17,18). The van der Waals surface area contributed by atoms with E-state index in [2.05, 4.69) is 6.58 Å². The Labute approximate surface area is 109 Å². The molecule has 8 heteroatoms. The summed E-state index contributed by atoms with van der Waals surface area (Å²) in [6.07, 6.45) is -3.28. The van der Waals surface area contributed by atoms with Gasteiger partial charge in [0.1, 0.15) is 13.1 Å². The number of carboxylic acid groups (broad SMARTS) is 1. The predicted molar refractivity (Wildman–Crippen MR) is 62.7 cm³/mol. The van der Waals surface area contributed by atoms with Gasteiger partial charge in [0, 0.05) is 12.6 Å². The van der Waals surface area contributed by atoms with Crippen molar-refractivity contribution in [3.8, 4) is 0 Å². The normalized spacial score (nSPS) is 11.3. The summed E-state index contributed by atoms with van der Waals surface area (Å²) in [7, 11) is 0. The van der Waals surface area contributed by atoms with Gasteiger partial charge in [-0.05, 0) is 13.8 Å². The maximum absolute atomic E-state index is 12.4. The minimum absolute atomic E-state index is 0.133. The third kappa shape index (κ3) is 6.68. The van der Waals surface area contributed by atoms with Crippen molar-refractivity contribution in [3.05, 3.63) is 12.7 Å². The highest BCUT2D eigenvalue weighted by Crippen LogP contribution is 2.19. The van der Waals surface area contributed by atoms with Crippen molar-refractivity contribution in [1.29, 1.82) is 0 Å². The lowest BCUT2D eigenvalue weighted by Crippen LogP contribution is -2.51. The minimum atomic E-state index is -4.54. The average Bonchev–Trinajstić information content (AvgIpc) is 2.22. The molecule has 0 aliphatic heterocycles. The van der Waals surface area contributed by atoms with Crippen LogP contribution in [-0.2, 0) is 4.79 Å². The van der Waals surface area contributed by atoms with Gasteiger partial charge >= 0.3 is 18.2 Å². The Morgan fingerprint density at radius 1 is 1.37 bits per heavy atom. The van der Waals surface area contributed by atoms with Crippen molar-refractivity contribution >= 4 is 12.0 Å². The van der Waals surface area contributed by atoms with Gasteiger partial charge in [0.25, 0.3) is 0 Å². The van der Waals surface area contributed by atoms with E-state index in [1.165, 1.54) is 19.9 Å². The summed E-state index contributed by atoms with van der Waals surface area (Å²) in [6.45, 7) is 3.97. The smallest absolute Gasteiger partial charge is 0.406 e. The highest BCUT2D eigenvalue weighted by molar-refractivity contribution is 5.80. The van der Waals surface area contributed by atoms with E-state index in [0.717, 1.165) is 4.90 Å². The van der Waals surface area contributed by atoms with Crippen molar-refractivity contribution in [1.82, 2.24) is 9.80 Å². The van der Waals surface area contributed by atoms with Crippen molar-refractivity contribution < 1.29 is 27.9 Å². The number of nitrogens with zero attached hydrogens (tertiary/aromatic N) is 2. The number of alkyl halides is 3. The van der Waals surface area contributed by atoms with Crippen molar-refractivity contribution in [2.45, 2.75) is 26.1 Å². The number of aliphatic carboxylic acids is 1. The summed E-state index contributed by atoms with van der Waals surface area (Å²) >= 11 is 0. The van der Waals surface area contributed by atoms with Gasteiger partial charge in [-0.25, -0.2) is 4.79 Å². The molecular weight excluding hydrogens is 265 g/mol. The van der Waals surface area contributed by atoms with Gasteiger partial charge in [-0.15, -0.1) is 6.58 Å². The van der Waals surface area contributed by atoms with Crippen LogP contribution in [0.25, 0.3) is 0 Å². The fourth-order valence-corrected chi connectivity index (χ4v) is 1.38. The molecule has 110 valence electrons. The second-order valence-electron chi connectivity index (χ2n) is 4.18. The van der Waals surface area contributed by atoms with Gasteiger partial charge in [-0.1, -0.05) is 6.08 Å². The lowest BCUT2D eigenvalue weighted by Gasteiger charge is -2.32. The van der Waals surface area contributed by atoms with Crippen LogP contribution in [0, 0.1) is 0 Å². The van der Waals surface area contributed by atoms with Crippen molar-refractivity contribution in [2.24, 2.45) is 0 Å². The number of carboxylic acids is 1. The summed E-state index contributed by atoms with van der Waals surface area (Å²) in [5.41, 5.74) is 0. The van der Waals surface area contributed by atoms with Crippen LogP contribution in [0.4, 0.5) is 18.0 Å². The molecule has 1 N–H and O–H groups in total. The van der Waals surface area contributed by atoms with Crippen LogP contribution < -0.4 is 0 Å². The third-order valence-corrected chi connectivity index (χ3v) is 2.16. The van der Waals surface area contributed by atoms with E-state index in [-0.39, 0.29) is 6.54 Å². The molecule has 0 heterocycles. The number of rotatable bonds is 6. The van der Waals surface area contributed by atoms with Gasteiger partial charge in [-0.3, -0.25) is 4.79 Å². The Bertz CT molecular complexity index is 343. The molecule has 0 aliphatic rings. The molecular formula is C11H17F3N2O3. The Morgan fingerprint density at radius 2 is 1.89 bits per heavy atom. The fourth-order valence-electron chi connectivity index (χ4n) is 1.38. The van der Waals surface area contributed by atoms with Gasteiger partial charge in [0.2, 0.25) is 0 Å². The molecule has 0 unspecified atom stereocenters. The lowest BCUT2D eigenvalue weighted by atomic mass is 10.3. The molecule has 0 saturated carbocycles. The van der Waals surface area contributed by atoms with Crippen LogP contribution in [0.1, 0.15) is 13.8 Å². The van der Waals surface area contributed by atoms with Gasteiger partial charge in [0.15, 0.2) is 0 Å². The first-order chi connectivity index (χ1) is 8.58. The highest BCUT2D eigenvalue weighted by Gasteiger charge is 2.36. The minimum Gasteiger partial charge on any atom is -0.480 e. The van der Waals surface area contributed by atoms with Crippen LogP contribution in [-0.4, -0.2) is 58.8 Å². The molecule has 0 aromatic carbocycles. The molecule has 0 saturated heterocycles. The summed E-state index contributed by atoms with van der Waals surface area (Å²) < 4.78 is 37.2. The van der Waals surface area contributed by atoms with Crippen LogP contribution >= 0.6 is 0 Å². The number of hydrogen-bond donors (Lipinski definition) is 1. The fraction of sp³-hybridized carbons (Fsp3) is 0.636. The number of carbonyl (C=O) groups excluding carboxylic acids is 1. The van der Waals surface area contributed by atoms with E-state index >= 15 is 0 Å².